The molecule has 0 spiro atoms. The van der Waals surface area contributed by atoms with Crippen LogP contribution in [0.1, 0.15) is 23.2 Å². The zero-order valence-corrected chi connectivity index (χ0v) is 15.8. The number of aromatic hydroxyl groups is 1. The molecule has 2 N–H and O–H groups in total. The maximum atomic E-state index is 12.8. The third kappa shape index (κ3) is 4.03. The summed E-state index contributed by atoms with van der Waals surface area (Å²) in [6.45, 7) is 1.15. The van der Waals surface area contributed by atoms with Crippen LogP contribution >= 0.6 is 11.6 Å². The van der Waals surface area contributed by atoms with Gasteiger partial charge in [0.15, 0.2) is 0 Å². The summed E-state index contributed by atoms with van der Waals surface area (Å²) in [6.07, 6.45) is 1.96. The highest BCUT2D eigenvalue weighted by atomic mass is 35.5. The van der Waals surface area contributed by atoms with Crippen LogP contribution in [0.2, 0.25) is 5.02 Å². The maximum absolute atomic E-state index is 12.8. The number of hydrogen-bond acceptors (Lipinski definition) is 5. The molecule has 1 saturated heterocycles. The van der Waals surface area contributed by atoms with E-state index in [1.165, 1.54) is 12.1 Å². The molecular weight excluding hydrogens is 380 g/mol. The van der Waals surface area contributed by atoms with Crippen LogP contribution in [0.4, 0.5) is 5.69 Å². The second-order valence-electron chi connectivity index (χ2n) is 6.60. The first-order valence-corrected chi connectivity index (χ1v) is 9.44. The average molecular weight is 399 g/mol. The summed E-state index contributed by atoms with van der Waals surface area (Å²) in [6, 6.07) is 13.4. The number of phenolic OH excluding ortho intramolecular Hbond substituents is 1. The molecule has 6 nitrogen and oxygen atoms in total. The predicted octanol–water partition coefficient (Wildman–Crippen LogP) is 3.93. The molecule has 4 rings (SSSR count). The predicted molar refractivity (Wildman–Crippen MR) is 106 cm³/mol. The Labute approximate surface area is 166 Å². The third-order valence-electron chi connectivity index (χ3n) is 4.57. The van der Waals surface area contributed by atoms with Crippen LogP contribution in [0, 0.1) is 0 Å². The lowest BCUT2D eigenvalue weighted by molar-refractivity contribution is 0.0854. The first-order chi connectivity index (χ1) is 13.6. The molecule has 0 bridgehead atoms. The summed E-state index contributed by atoms with van der Waals surface area (Å²) in [5, 5.41) is 13.7. The van der Waals surface area contributed by atoms with Crippen LogP contribution in [-0.2, 0) is 4.74 Å². The molecule has 1 aromatic heterocycles. The Balaban J connectivity index is 1.77. The third-order valence-corrected chi connectivity index (χ3v) is 4.89. The molecule has 0 aliphatic carbocycles. The van der Waals surface area contributed by atoms with Crippen molar-refractivity contribution in [2.45, 2.75) is 18.9 Å². The van der Waals surface area contributed by atoms with Crippen molar-refractivity contribution in [3.05, 3.63) is 64.7 Å². The summed E-state index contributed by atoms with van der Waals surface area (Å²) in [5.41, 5.74) is 1.31. The molecule has 7 heteroatoms. The molecule has 1 fully saturated rings. The van der Waals surface area contributed by atoms with E-state index in [-0.39, 0.29) is 28.9 Å². The van der Waals surface area contributed by atoms with Gasteiger partial charge in [-0.25, -0.2) is 4.99 Å². The van der Waals surface area contributed by atoms with Crippen molar-refractivity contribution in [2.75, 3.05) is 13.2 Å². The second-order valence-corrected chi connectivity index (χ2v) is 7.00. The molecule has 1 atom stereocenters. The summed E-state index contributed by atoms with van der Waals surface area (Å²) < 4.78 is 11.4. The Bertz CT molecular complexity index is 1090. The first-order valence-electron chi connectivity index (χ1n) is 9.06. The lowest BCUT2D eigenvalue weighted by Gasteiger charge is -2.11. The second kappa shape index (κ2) is 8.04. The van der Waals surface area contributed by atoms with Crippen molar-refractivity contribution in [1.82, 2.24) is 5.32 Å². The summed E-state index contributed by atoms with van der Waals surface area (Å²) in [7, 11) is 0. The van der Waals surface area contributed by atoms with E-state index in [1.54, 1.807) is 36.4 Å². The molecule has 1 amide bonds. The van der Waals surface area contributed by atoms with Gasteiger partial charge in [-0.3, -0.25) is 4.79 Å². The number of amides is 1. The number of para-hydroxylation sites is 1. The minimum absolute atomic E-state index is 0.0299. The van der Waals surface area contributed by atoms with E-state index < -0.39 is 0 Å². The van der Waals surface area contributed by atoms with E-state index in [4.69, 9.17) is 20.8 Å². The van der Waals surface area contributed by atoms with Gasteiger partial charge in [0.1, 0.15) is 16.9 Å². The number of benzene rings is 2. The van der Waals surface area contributed by atoms with Gasteiger partial charge in [0.05, 0.1) is 16.8 Å². The summed E-state index contributed by atoms with van der Waals surface area (Å²) in [5.74, 6) is -0.240. The van der Waals surface area contributed by atoms with Gasteiger partial charge in [-0.1, -0.05) is 23.7 Å². The number of carbonyl (C=O) groups excluding carboxylic acids is 1. The van der Waals surface area contributed by atoms with Crippen LogP contribution in [0.3, 0.4) is 0 Å². The minimum Gasteiger partial charge on any atom is -0.508 e. The standard InChI is InChI=1S/C21H19ClN2O4/c22-17-5-1-2-6-18(17)24-21-16(20(26)23-12-15-4-3-9-27-15)10-13-7-8-14(25)11-19(13)28-21/h1-2,5-8,10-11,15,25H,3-4,9,12H2,(H,23,26)/t15-/m0/s1. The van der Waals surface area contributed by atoms with Crippen molar-refractivity contribution in [2.24, 2.45) is 4.99 Å². The fourth-order valence-corrected chi connectivity index (χ4v) is 3.29. The molecule has 1 aliphatic heterocycles. The van der Waals surface area contributed by atoms with E-state index in [0.29, 0.717) is 28.2 Å². The van der Waals surface area contributed by atoms with Crippen molar-refractivity contribution >= 4 is 34.2 Å². The molecular formula is C21H19ClN2O4. The number of ether oxygens (including phenoxy) is 1. The Morgan fingerprint density at radius 3 is 2.89 bits per heavy atom. The van der Waals surface area contributed by atoms with Gasteiger partial charge in [-0.15, -0.1) is 0 Å². The van der Waals surface area contributed by atoms with Gasteiger partial charge in [-0.2, -0.15) is 0 Å². The van der Waals surface area contributed by atoms with E-state index in [9.17, 15) is 9.90 Å². The monoisotopic (exact) mass is 398 g/mol. The van der Waals surface area contributed by atoms with E-state index in [0.717, 1.165) is 19.4 Å². The normalized spacial score (nSPS) is 17.2. The SMILES string of the molecule is O=C(NC[C@@H]1CCCO1)c1cc2ccc(O)cc2oc1=Nc1ccccc1Cl. The minimum atomic E-state index is -0.306. The highest BCUT2D eigenvalue weighted by Crippen LogP contribution is 2.24. The number of hydrogen-bond donors (Lipinski definition) is 2. The fraction of sp³-hybridized carbons (Fsp3) is 0.238. The number of phenols is 1. The van der Waals surface area contributed by atoms with Gasteiger partial charge in [0.2, 0.25) is 5.55 Å². The molecule has 28 heavy (non-hydrogen) atoms. The largest absolute Gasteiger partial charge is 0.508 e. The quantitative estimate of drug-likeness (QED) is 0.697. The molecule has 0 radical (unpaired) electrons. The number of carbonyl (C=O) groups is 1. The Kier molecular flexibility index (Phi) is 5.32. The average Bonchev–Trinajstić information content (AvgIpc) is 3.21. The van der Waals surface area contributed by atoms with Gasteiger partial charge in [-0.05, 0) is 43.2 Å². The smallest absolute Gasteiger partial charge is 0.256 e. The van der Waals surface area contributed by atoms with Crippen LogP contribution in [0.25, 0.3) is 11.0 Å². The Morgan fingerprint density at radius 1 is 1.25 bits per heavy atom. The van der Waals surface area contributed by atoms with Crippen LogP contribution in [0.5, 0.6) is 5.75 Å². The van der Waals surface area contributed by atoms with E-state index in [1.807, 2.05) is 0 Å². The van der Waals surface area contributed by atoms with Crippen molar-refractivity contribution in [3.63, 3.8) is 0 Å². The summed E-state index contributed by atoms with van der Waals surface area (Å²) in [4.78, 5) is 17.3. The highest BCUT2D eigenvalue weighted by Gasteiger charge is 2.18. The van der Waals surface area contributed by atoms with Gasteiger partial charge >= 0.3 is 0 Å². The lowest BCUT2D eigenvalue weighted by atomic mass is 10.1. The molecule has 2 aromatic carbocycles. The van der Waals surface area contributed by atoms with Crippen LogP contribution < -0.4 is 10.9 Å². The lowest BCUT2D eigenvalue weighted by Crippen LogP contribution is -2.34. The van der Waals surface area contributed by atoms with Gasteiger partial charge in [0.25, 0.3) is 5.91 Å². The zero-order valence-electron chi connectivity index (χ0n) is 15.0. The molecule has 1 aliphatic rings. The zero-order chi connectivity index (χ0) is 19.5. The molecule has 144 valence electrons. The maximum Gasteiger partial charge on any atom is 0.256 e. The van der Waals surface area contributed by atoms with Gasteiger partial charge in [0, 0.05) is 24.6 Å². The number of halogens is 1. The number of fused-ring (bicyclic) bond motifs is 1. The number of nitrogens with one attached hydrogen (secondary N) is 1. The number of nitrogens with zero attached hydrogens (tertiary/aromatic N) is 1. The molecule has 3 aromatic rings. The number of rotatable bonds is 4. The molecule has 0 unspecified atom stereocenters. The van der Waals surface area contributed by atoms with Crippen LogP contribution in [-0.4, -0.2) is 30.3 Å². The van der Waals surface area contributed by atoms with Crippen molar-refractivity contribution in [1.29, 1.82) is 0 Å². The van der Waals surface area contributed by atoms with Crippen molar-refractivity contribution < 1.29 is 19.1 Å². The topological polar surface area (TPSA) is 84.1 Å². The first kappa shape index (κ1) is 18.5. The van der Waals surface area contributed by atoms with E-state index in [2.05, 4.69) is 10.3 Å². The highest BCUT2D eigenvalue weighted by molar-refractivity contribution is 6.32. The molecule has 0 saturated carbocycles. The van der Waals surface area contributed by atoms with Crippen LogP contribution in [0.15, 0.2) is 57.9 Å². The fourth-order valence-electron chi connectivity index (χ4n) is 3.11. The van der Waals surface area contributed by atoms with Gasteiger partial charge < -0.3 is 19.6 Å². The Hall–Kier alpha value is -2.83. The Morgan fingerprint density at radius 2 is 2.11 bits per heavy atom. The van der Waals surface area contributed by atoms with Crippen molar-refractivity contribution in [3.8, 4) is 5.75 Å². The molecule has 2 heterocycles. The van der Waals surface area contributed by atoms with E-state index >= 15 is 0 Å². The summed E-state index contributed by atoms with van der Waals surface area (Å²) >= 11 is 6.20.